The molecule has 0 aromatic rings. The monoisotopic (exact) mass is 264 g/mol. The molecule has 3 nitrogen and oxygen atoms in total. The molecule has 1 rings (SSSR count). The van der Waals surface area contributed by atoms with E-state index < -0.39 is 23.2 Å². The number of nitrogens with two attached hydrogens (primary N) is 1. The smallest absolute Gasteiger partial charge is 0.337 e. The molecule has 1 atom stereocenters. The van der Waals surface area contributed by atoms with Crippen LogP contribution in [0, 0.1) is 5.41 Å². The van der Waals surface area contributed by atoms with Gasteiger partial charge in [0.1, 0.15) is 0 Å². The summed E-state index contributed by atoms with van der Waals surface area (Å²) < 4.78 is 37.3. The first-order chi connectivity index (χ1) is 8.03. The summed E-state index contributed by atoms with van der Waals surface area (Å²) in [4.78, 5) is 13.4. The second-order valence-corrected chi connectivity index (χ2v) is 5.61. The van der Waals surface area contributed by atoms with Crippen molar-refractivity contribution < 1.29 is 18.0 Å². The molecule has 1 aliphatic rings. The average molecular weight is 264 g/mol. The highest BCUT2D eigenvalue weighted by molar-refractivity contribution is 5.82. The highest BCUT2D eigenvalue weighted by atomic mass is 19.4. The zero-order valence-corrected chi connectivity index (χ0v) is 10.8. The molecule has 0 aliphatic carbocycles. The van der Waals surface area contributed by atoms with Crippen LogP contribution < -0.4 is 5.73 Å². The van der Waals surface area contributed by atoms with Gasteiger partial charge in [-0.1, -0.05) is 26.8 Å². The van der Waals surface area contributed by atoms with Crippen molar-refractivity contribution in [2.75, 3.05) is 13.1 Å². The Morgan fingerprint density at radius 3 is 2.28 bits per heavy atom. The number of halogens is 3. The van der Waals surface area contributed by atoms with E-state index in [1.165, 1.54) is 4.90 Å². The lowest BCUT2D eigenvalue weighted by Crippen LogP contribution is -2.51. The highest BCUT2D eigenvalue weighted by Crippen LogP contribution is 2.30. The summed E-state index contributed by atoms with van der Waals surface area (Å²) in [7, 11) is 0. The number of alkyl halides is 3. The van der Waals surface area contributed by atoms with Crippen molar-refractivity contribution in [3.63, 3.8) is 0 Å². The molecule has 0 bridgehead atoms. The van der Waals surface area contributed by atoms with Gasteiger partial charge in [0.2, 0.25) is 5.91 Å². The molecule has 0 spiro atoms. The molecule has 1 heterocycles. The van der Waals surface area contributed by atoms with Crippen molar-refractivity contribution in [3.05, 3.63) is 11.6 Å². The summed E-state index contributed by atoms with van der Waals surface area (Å²) in [5.74, 6) is -0.292. The van der Waals surface area contributed by atoms with Crippen molar-refractivity contribution >= 4 is 5.91 Å². The van der Waals surface area contributed by atoms with Crippen LogP contribution in [0.1, 0.15) is 27.2 Å². The van der Waals surface area contributed by atoms with Crippen LogP contribution in [-0.4, -0.2) is 36.1 Å². The normalized spacial score (nSPS) is 19.5. The first-order valence-electron chi connectivity index (χ1n) is 5.84. The molecular weight excluding hydrogens is 245 g/mol. The van der Waals surface area contributed by atoms with Gasteiger partial charge in [0.25, 0.3) is 0 Å². The van der Waals surface area contributed by atoms with Gasteiger partial charge in [-0.3, -0.25) is 4.79 Å². The zero-order valence-electron chi connectivity index (χ0n) is 10.8. The van der Waals surface area contributed by atoms with Crippen LogP contribution in [0.3, 0.4) is 0 Å². The fourth-order valence-corrected chi connectivity index (χ4v) is 1.69. The summed E-state index contributed by atoms with van der Waals surface area (Å²) in [5, 5.41) is 0. The van der Waals surface area contributed by atoms with Crippen LogP contribution >= 0.6 is 0 Å². The van der Waals surface area contributed by atoms with E-state index in [-0.39, 0.29) is 25.4 Å². The molecule has 6 heteroatoms. The van der Waals surface area contributed by atoms with Gasteiger partial charge < -0.3 is 10.6 Å². The Morgan fingerprint density at radius 2 is 1.94 bits per heavy atom. The molecule has 0 fully saturated rings. The maximum absolute atomic E-state index is 12.4. The van der Waals surface area contributed by atoms with Crippen LogP contribution in [0.4, 0.5) is 13.2 Å². The lowest BCUT2D eigenvalue weighted by molar-refractivity contribution is -0.135. The third-order valence-corrected chi connectivity index (χ3v) is 3.08. The van der Waals surface area contributed by atoms with Gasteiger partial charge in [-0.15, -0.1) is 0 Å². The molecular formula is C12H19F3N2O. The Labute approximate surface area is 105 Å². The molecule has 0 aromatic carbocycles. The molecule has 0 radical (unpaired) electrons. The lowest BCUT2D eigenvalue weighted by Gasteiger charge is -2.33. The minimum absolute atomic E-state index is 0.0164. The number of carbonyl (C=O) groups excluding carboxylic acids is 1. The van der Waals surface area contributed by atoms with Gasteiger partial charge in [-0.05, 0) is 11.8 Å². The number of nitrogens with zero attached hydrogens (tertiary/aromatic N) is 1. The van der Waals surface area contributed by atoms with Gasteiger partial charge >= 0.3 is 6.18 Å². The minimum atomic E-state index is -4.29. The summed E-state index contributed by atoms with van der Waals surface area (Å²) >= 11 is 0. The van der Waals surface area contributed by atoms with Crippen molar-refractivity contribution in [1.29, 1.82) is 0 Å². The second-order valence-electron chi connectivity index (χ2n) is 5.61. The van der Waals surface area contributed by atoms with Gasteiger partial charge in [-0.25, -0.2) is 0 Å². The maximum Gasteiger partial charge on any atom is 0.412 e. The van der Waals surface area contributed by atoms with Crippen LogP contribution in [0.15, 0.2) is 11.6 Å². The van der Waals surface area contributed by atoms with Gasteiger partial charge in [0.05, 0.1) is 6.04 Å². The Kier molecular flexibility index (Phi) is 4.10. The van der Waals surface area contributed by atoms with Crippen molar-refractivity contribution in [2.24, 2.45) is 11.1 Å². The molecule has 0 saturated heterocycles. The highest BCUT2D eigenvalue weighted by Gasteiger charge is 2.37. The van der Waals surface area contributed by atoms with E-state index in [0.29, 0.717) is 0 Å². The van der Waals surface area contributed by atoms with Gasteiger partial charge in [0, 0.05) is 18.7 Å². The van der Waals surface area contributed by atoms with Crippen LogP contribution in [-0.2, 0) is 4.79 Å². The van der Waals surface area contributed by atoms with Crippen LogP contribution in [0.5, 0.6) is 0 Å². The third-order valence-electron chi connectivity index (χ3n) is 3.08. The number of rotatable bonds is 1. The fourth-order valence-electron chi connectivity index (χ4n) is 1.69. The average Bonchev–Trinajstić information content (AvgIpc) is 2.25. The number of amides is 1. The number of hydrogen-bond donors (Lipinski definition) is 1. The van der Waals surface area contributed by atoms with Crippen molar-refractivity contribution in [1.82, 2.24) is 4.90 Å². The standard InChI is InChI=1S/C12H19F3N2O/c1-11(2,3)9(16)10(18)17-6-4-8(5-7-17)12(13,14)15/h4,9H,5-7,16H2,1-3H3. The molecule has 0 aromatic heterocycles. The first kappa shape index (κ1) is 15.0. The quantitative estimate of drug-likeness (QED) is 0.737. The molecule has 2 N–H and O–H groups in total. The summed E-state index contributed by atoms with van der Waals surface area (Å²) in [6, 6.07) is -0.696. The molecule has 1 unspecified atom stereocenters. The van der Waals surface area contributed by atoms with Gasteiger partial charge in [-0.2, -0.15) is 13.2 Å². The van der Waals surface area contributed by atoms with E-state index in [4.69, 9.17) is 5.73 Å². The minimum Gasteiger partial charge on any atom is -0.337 e. The zero-order chi connectivity index (χ0) is 14.1. The molecule has 1 amide bonds. The van der Waals surface area contributed by atoms with E-state index in [1.807, 2.05) is 20.8 Å². The maximum atomic E-state index is 12.4. The Bertz CT molecular complexity index is 355. The van der Waals surface area contributed by atoms with E-state index in [2.05, 4.69) is 0 Å². The Hall–Kier alpha value is -1.04. The molecule has 1 aliphatic heterocycles. The molecule has 0 saturated carbocycles. The van der Waals surface area contributed by atoms with E-state index >= 15 is 0 Å². The lowest BCUT2D eigenvalue weighted by atomic mass is 9.86. The van der Waals surface area contributed by atoms with E-state index in [0.717, 1.165) is 6.08 Å². The Balaban J connectivity index is 2.69. The number of carbonyl (C=O) groups is 1. The fraction of sp³-hybridized carbons (Fsp3) is 0.750. The third kappa shape index (κ3) is 3.48. The molecule has 104 valence electrons. The first-order valence-corrected chi connectivity index (χ1v) is 5.84. The SMILES string of the molecule is CC(C)(C)C(N)C(=O)N1CC=C(C(F)(F)F)CC1. The van der Waals surface area contributed by atoms with Crippen molar-refractivity contribution in [3.8, 4) is 0 Å². The summed E-state index contributed by atoms with van der Waals surface area (Å²) in [6.07, 6.45) is -3.38. The van der Waals surface area contributed by atoms with E-state index in [9.17, 15) is 18.0 Å². The van der Waals surface area contributed by atoms with E-state index in [1.54, 1.807) is 0 Å². The van der Waals surface area contributed by atoms with Gasteiger partial charge in [0.15, 0.2) is 0 Å². The topological polar surface area (TPSA) is 46.3 Å². The Morgan fingerprint density at radius 1 is 1.39 bits per heavy atom. The number of hydrogen-bond acceptors (Lipinski definition) is 2. The summed E-state index contributed by atoms with van der Waals surface area (Å²) in [5.41, 5.74) is 4.85. The second kappa shape index (κ2) is 4.91. The molecule has 18 heavy (non-hydrogen) atoms. The van der Waals surface area contributed by atoms with Crippen LogP contribution in [0.2, 0.25) is 0 Å². The van der Waals surface area contributed by atoms with Crippen LogP contribution in [0.25, 0.3) is 0 Å². The summed E-state index contributed by atoms with van der Waals surface area (Å²) in [6.45, 7) is 5.55. The predicted molar refractivity (Wildman–Crippen MR) is 62.8 cm³/mol. The predicted octanol–water partition coefficient (Wildman–Crippen LogP) is 2.08. The van der Waals surface area contributed by atoms with Crippen molar-refractivity contribution in [2.45, 2.75) is 39.4 Å². The largest absolute Gasteiger partial charge is 0.412 e.